The molecule has 1 aromatic carbocycles. The summed E-state index contributed by atoms with van der Waals surface area (Å²) >= 11 is 0. The van der Waals surface area contributed by atoms with Gasteiger partial charge in [0.05, 0.1) is 46.2 Å². The average molecular weight is 374 g/mol. The average Bonchev–Trinajstić information content (AvgIpc) is 2.68. The summed E-state index contributed by atoms with van der Waals surface area (Å²) in [5, 5.41) is 0. The molecular formula is C20H26N2O5. The minimum atomic E-state index is -0.214. The van der Waals surface area contributed by atoms with Crippen LogP contribution in [0.4, 0.5) is 0 Å². The Hall–Kier alpha value is -2.96. The molecule has 0 atom stereocenters. The second kappa shape index (κ2) is 8.62. The third-order valence-electron chi connectivity index (χ3n) is 4.42. The van der Waals surface area contributed by atoms with Crippen LogP contribution >= 0.6 is 0 Å². The van der Waals surface area contributed by atoms with Gasteiger partial charge >= 0.3 is 0 Å². The van der Waals surface area contributed by atoms with Crippen molar-refractivity contribution in [2.75, 3.05) is 35.5 Å². The summed E-state index contributed by atoms with van der Waals surface area (Å²) in [5.74, 6) is 1.78. The number of carbonyl (C=O) groups is 1. The Morgan fingerprint density at radius 2 is 1.59 bits per heavy atom. The monoisotopic (exact) mass is 374 g/mol. The van der Waals surface area contributed by atoms with Gasteiger partial charge in [0.2, 0.25) is 5.75 Å². The molecule has 1 heterocycles. The minimum Gasteiger partial charge on any atom is -0.496 e. The normalized spacial score (nSPS) is 10.3. The van der Waals surface area contributed by atoms with E-state index in [2.05, 4.69) is 4.98 Å². The van der Waals surface area contributed by atoms with Crippen molar-refractivity contribution in [2.45, 2.75) is 20.4 Å². The standard InChI is InChI=1S/C20H26N2O5/c1-12-10-21-15(13(2)17(12)25-5)11-22(3)20(23)14-8-9-16(24-4)19(27-7)18(14)26-6/h8-10H,11H2,1-7H3. The molecule has 2 rings (SSSR count). The topological polar surface area (TPSA) is 70.1 Å². The lowest BCUT2D eigenvalue weighted by atomic mass is 10.1. The van der Waals surface area contributed by atoms with Crippen LogP contribution in [-0.2, 0) is 6.54 Å². The second-order valence-electron chi connectivity index (χ2n) is 6.09. The van der Waals surface area contributed by atoms with Crippen LogP contribution in [-0.4, -0.2) is 51.3 Å². The fourth-order valence-corrected chi connectivity index (χ4v) is 3.00. The molecule has 7 heteroatoms. The maximum atomic E-state index is 13.0. The Bertz CT molecular complexity index is 836. The number of ether oxygens (including phenoxy) is 4. The molecule has 7 nitrogen and oxygen atoms in total. The number of nitrogens with zero attached hydrogens (tertiary/aromatic N) is 2. The Morgan fingerprint density at radius 3 is 2.15 bits per heavy atom. The number of carbonyl (C=O) groups excluding carboxylic acids is 1. The lowest BCUT2D eigenvalue weighted by Crippen LogP contribution is -2.27. The van der Waals surface area contributed by atoms with E-state index < -0.39 is 0 Å². The SMILES string of the molecule is COc1ccc(C(=O)N(C)Cc2ncc(C)c(OC)c2C)c(OC)c1OC. The van der Waals surface area contributed by atoms with Gasteiger partial charge in [0.1, 0.15) is 5.75 Å². The Kier molecular flexibility index (Phi) is 6.50. The van der Waals surface area contributed by atoms with Crippen molar-refractivity contribution in [2.24, 2.45) is 0 Å². The van der Waals surface area contributed by atoms with Crippen LogP contribution in [0.15, 0.2) is 18.3 Å². The predicted octanol–water partition coefficient (Wildman–Crippen LogP) is 3.01. The molecule has 146 valence electrons. The molecule has 0 N–H and O–H groups in total. The highest BCUT2D eigenvalue weighted by molar-refractivity contribution is 5.98. The summed E-state index contributed by atoms with van der Waals surface area (Å²) in [6, 6.07) is 3.34. The summed E-state index contributed by atoms with van der Waals surface area (Å²) in [4.78, 5) is 19.1. The summed E-state index contributed by atoms with van der Waals surface area (Å²) in [5.41, 5.74) is 3.02. The number of rotatable bonds is 7. The predicted molar refractivity (Wildman–Crippen MR) is 102 cm³/mol. The van der Waals surface area contributed by atoms with Gasteiger partial charge in [-0.05, 0) is 26.0 Å². The molecule has 0 saturated heterocycles. The number of benzene rings is 1. The van der Waals surface area contributed by atoms with Crippen molar-refractivity contribution < 1.29 is 23.7 Å². The highest BCUT2D eigenvalue weighted by Gasteiger charge is 2.24. The third kappa shape index (κ3) is 3.92. The van der Waals surface area contributed by atoms with Gasteiger partial charge in [-0.25, -0.2) is 0 Å². The summed E-state index contributed by atoms with van der Waals surface area (Å²) in [6.07, 6.45) is 1.75. The van der Waals surface area contributed by atoms with Crippen molar-refractivity contribution in [3.63, 3.8) is 0 Å². The molecule has 2 aromatic rings. The molecule has 0 spiro atoms. The molecule has 0 bridgehead atoms. The fraction of sp³-hybridized carbons (Fsp3) is 0.400. The van der Waals surface area contributed by atoms with Crippen molar-refractivity contribution in [3.8, 4) is 23.0 Å². The van der Waals surface area contributed by atoms with E-state index in [-0.39, 0.29) is 5.91 Å². The van der Waals surface area contributed by atoms with Crippen LogP contribution in [0.3, 0.4) is 0 Å². The summed E-state index contributed by atoms with van der Waals surface area (Å²) in [6.45, 7) is 4.20. The number of aryl methyl sites for hydroxylation is 1. The second-order valence-corrected chi connectivity index (χ2v) is 6.09. The number of methoxy groups -OCH3 is 4. The molecule has 0 fully saturated rings. The number of hydrogen-bond acceptors (Lipinski definition) is 6. The minimum absolute atomic E-state index is 0.214. The van der Waals surface area contributed by atoms with Crippen LogP contribution in [0.2, 0.25) is 0 Å². The van der Waals surface area contributed by atoms with E-state index in [1.807, 2.05) is 13.8 Å². The van der Waals surface area contributed by atoms with E-state index in [9.17, 15) is 4.79 Å². The lowest BCUT2D eigenvalue weighted by Gasteiger charge is -2.21. The number of pyridine rings is 1. The quantitative estimate of drug-likeness (QED) is 0.742. The Balaban J connectivity index is 2.36. The zero-order valence-electron chi connectivity index (χ0n) is 16.9. The van der Waals surface area contributed by atoms with Gasteiger partial charge in [-0.15, -0.1) is 0 Å². The molecule has 0 saturated carbocycles. The maximum absolute atomic E-state index is 13.0. The molecule has 1 amide bonds. The molecule has 27 heavy (non-hydrogen) atoms. The van der Waals surface area contributed by atoms with Crippen molar-refractivity contribution in [1.29, 1.82) is 0 Å². The number of aromatic nitrogens is 1. The van der Waals surface area contributed by atoms with Crippen LogP contribution in [0.5, 0.6) is 23.0 Å². The molecule has 0 aliphatic rings. The third-order valence-corrected chi connectivity index (χ3v) is 4.42. The Morgan fingerprint density at radius 1 is 0.963 bits per heavy atom. The van der Waals surface area contributed by atoms with Gasteiger partial charge in [-0.3, -0.25) is 9.78 Å². The first-order valence-electron chi connectivity index (χ1n) is 8.43. The van der Waals surface area contributed by atoms with Crippen molar-refractivity contribution >= 4 is 5.91 Å². The van der Waals surface area contributed by atoms with Gasteiger partial charge in [-0.1, -0.05) is 0 Å². The van der Waals surface area contributed by atoms with E-state index in [1.54, 1.807) is 37.4 Å². The van der Waals surface area contributed by atoms with Gasteiger partial charge in [0, 0.05) is 24.4 Å². The van der Waals surface area contributed by atoms with Gasteiger partial charge in [0.25, 0.3) is 5.91 Å². The van der Waals surface area contributed by atoms with Crippen molar-refractivity contribution in [1.82, 2.24) is 9.88 Å². The largest absolute Gasteiger partial charge is 0.496 e. The zero-order chi connectivity index (χ0) is 20.1. The molecule has 0 radical (unpaired) electrons. The number of amides is 1. The molecule has 0 unspecified atom stereocenters. The van der Waals surface area contributed by atoms with Crippen LogP contribution in [0.1, 0.15) is 27.2 Å². The first kappa shape index (κ1) is 20.4. The van der Waals surface area contributed by atoms with Gasteiger partial charge in [-0.2, -0.15) is 0 Å². The maximum Gasteiger partial charge on any atom is 0.257 e. The number of hydrogen-bond donors (Lipinski definition) is 0. The van der Waals surface area contributed by atoms with E-state index >= 15 is 0 Å². The highest BCUT2D eigenvalue weighted by atomic mass is 16.5. The zero-order valence-corrected chi connectivity index (χ0v) is 16.9. The highest BCUT2D eigenvalue weighted by Crippen LogP contribution is 2.40. The van der Waals surface area contributed by atoms with E-state index in [0.29, 0.717) is 29.4 Å². The summed E-state index contributed by atoms with van der Waals surface area (Å²) in [7, 11) is 7.87. The smallest absolute Gasteiger partial charge is 0.257 e. The molecular weight excluding hydrogens is 348 g/mol. The summed E-state index contributed by atoms with van der Waals surface area (Å²) < 4.78 is 21.5. The molecule has 0 aliphatic carbocycles. The first-order chi connectivity index (χ1) is 12.9. The van der Waals surface area contributed by atoms with Crippen LogP contribution < -0.4 is 18.9 Å². The van der Waals surface area contributed by atoms with Gasteiger partial charge in [0.15, 0.2) is 11.5 Å². The fourth-order valence-electron chi connectivity index (χ4n) is 3.00. The van der Waals surface area contributed by atoms with E-state index in [4.69, 9.17) is 18.9 Å². The van der Waals surface area contributed by atoms with E-state index in [1.165, 1.54) is 21.3 Å². The van der Waals surface area contributed by atoms with Crippen molar-refractivity contribution in [3.05, 3.63) is 40.7 Å². The molecule has 0 aliphatic heterocycles. The van der Waals surface area contributed by atoms with E-state index in [0.717, 1.165) is 22.6 Å². The first-order valence-corrected chi connectivity index (χ1v) is 8.43. The van der Waals surface area contributed by atoms with Gasteiger partial charge < -0.3 is 23.8 Å². The lowest BCUT2D eigenvalue weighted by molar-refractivity contribution is 0.0779. The van der Waals surface area contributed by atoms with Crippen LogP contribution in [0.25, 0.3) is 0 Å². The molecule has 1 aromatic heterocycles. The van der Waals surface area contributed by atoms with Crippen LogP contribution in [0, 0.1) is 13.8 Å². The Labute approximate surface area is 159 Å².